The van der Waals surface area contributed by atoms with Gasteiger partial charge in [-0.2, -0.15) is 0 Å². The van der Waals surface area contributed by atoms with E-state index in [0.29, 0.717) is 6.42 Å². The molecular formula is C16H20FN3. The Bertz CT molecular complexity index is 566. The molecule has 1 unspecified atom stereocenters. The lowest BCUT2D eigenvalue weighted by Crippen LogP contribution is -2.25. The molecule has 0 fully saturated rings. The second-order valence-electron chi connectivity index (χ2n) is 5.00. The molecule has 0 saturated carbocycles. The Balaban J connectivity index is 2.25. The summed E-state index contributed by atoms with van der Waals surface area (Å²) in [5.74, 6) is 0.548. The van der Waals surface area contributed by atoms with Gasteiger partial charge in [0.2, 0.25) is 0 Å². The molecule has 0 saturated heterocycles. The van der Waals surface area contributed by atoms with Crippen molar-refractivity contribution in [2.45, 2.75) is 33.2 Å². The molecule has 0 bridgehead atoms. The topological polar surface area (TPSA) is 37.8 Å². The number of rotatable bonds is 5. The maximum atomic E-state index is 13.4. The van der Waals surface area contributed by atoms with Crippen LogP contribution in [-0.2, 0) is 6.42 Å². The van der Waals surface area contributed by atoms with Crippen LogP contribution in [0.1, 0.15) is 35.5 Å². The van der Waals surface area contributed by atoms with Gasteiger partial charge in [-0.05, 0) is 55.6 Å². The zero-order valence-electron chi connectivity index (χ0n) is 12.2. The number of halogens is 1. The molecule has 1 N–H and O–H groups in total. The molecule has 3 nitrogen and oxygen atoms in total. The zero-order valence-corrected chi connectivity index (χ0v) is 12.2. The lowest BCUT2D eigenvalue weighted by molar-refractivity contribution is 0.518. The Labute approximate surface area is 119 Å². The normalized spacial score (nSPS) is 12.4. The van der Waals surface area contributed by atoms with Gasteiger partial charge in [-0.1, -0.05) is 13.0 Å². The molecular weight excluding hydrogens is 253 g/mol. The van der Waals surface area contributed by atoms with Gasteiger partial charge >= 0.3 is 0 Å². The number of likely N-dealkylation sites (N-methyl/N-ethyl adjacent to an activating group) is 1. The first-order valence-corrected chi connectivity index (χ1v) is 6.87. The fourth-order valence-corrected chi connectivity index (χ4v) is 2.16. The number of hydrogen-bond acceptors (Lipinski definition) is 3. The van der Waals surface area contributed by atoms with Gasteiger partial charge in [0.1, 0.15) is 11.6 Å². The summed E-state index contributed by atoms with van der Waals surface area (Å²) in [6.45, 7) is 6.81. The molecule has 2 rings (SSSR count). The minimum atomic E-state index is -0.203. The molecule has 20 heavy (non-hydrogen) atoms. The number of benzene rings is 1. The number of nitrogens with one attached hydrogen (secondary N) is 1. The number of aryl methyl sites for hydroxylation is 2. The van der Waals surface area contributed by atoms with Gasteiger partial charge in [-0.25, -0.2) is 14.4 Å². The van der Waals surface area contributed by atoms with Crippen molar-refractivity contribution < 1.29 is 4.39 Å². The minimum Gasteiger partial charge on any atom is -0.307 e. The average Bonchev–Trinajstić information content (AvgIpc) is 2.43. The van der Waals surface area contributed by atoms with E-state index in [0.717, 1.165) is 29.1 Å². The van der Waals surface area contributed by atoms with Crippen molar-refractivity contribution in [3.05, 3.63) is 58.9 Å². The summed E-state index contributed by atoms with van der Waals surface area (Å²) in [7, 11) is 0. The molecule has 0 aliphatic rings. The van der Waals surface area contributed by atoms with Crippen molar-refractivity contribution in [2.24, 2.45) is 0 Å². The van der Waals surface area contributed by atoms with Crippen molar-refractivity contribution in [1.29, 1.82) is 0 Å². The van der Waals surface area contributed by atoms with Crippen LogP contribution in [0.25, 0.3) is 0 Å². The second kappa shape index (κ2) is 6.57. The van der Waals surface area contributed by atoms with Crippen LogP contribution >= 0.6 is 0 Å². The molecule has 1 atom stereocenters. The molecule has 0 spiro atoms. The van der Waals surface area contributed by atoms with E-state index < -0.39 is 0 Å². The first-order valence-electron chi connectivity index (χ1n) is 6.87. The predicted octanol–water partition coefficient (Wildman–Crippen LogP) is 3.13. The standard InChI is InChI=1S/C16H20FN3/c1-4-18-15(16-19-9-11(2)10-20-16)8-13-7-14(17)6-5-12(13)3/h5-7,9-10,15,18H,4,8H2,1-3H3. The fraction of sp³-hybridized carbons (Fsp3) is 0.375. The van der Waals surface area contributed by atoms with Crippen LogP contribution in [0.4, 0.5) is 4.39 Å². The number of nitrogens with zero attached hydrogens (tertiary/aromatic N) is 2. The van der Waals surface area contributed by atoms with Crippen molar-refractivity contribution in [3.63, 3.8) is 0 Å². The summed E-state index contributed by atoms with van der Waals surface area (Å²) in [6.07, 6.45) is 4.30. The Morgan fingerprint density at radius 1 is 1.20 bits per heavy atom. The molecule has 1 aromatic carbocycles. The van der Waals surface area contributed by atoms with Crippen LogP contribution in [0.15, 0.2) is 30.6 Å². The van der Waals surface area contributed by atoms with Gasteiger partial charge in [-0.3, -0.25) is 0 Å². The Morgan fingerprint density at radius 3 is 2.55 bits per heavy atom. The van der Waals surface area contributed by atoms with Crippen molar-refractivity contribution in [1.82, 2.24) is 15.3 Å². The van der Waals surface area contributed by atoms with Crippen LogP contribution in [-0.4, -0.2) is 16.5 Å². The molecule has 106 valence electrons. The van der Waals surface area contributed by atoms with Gasteiger partial charge in [0.15, 0.2) is 0 Å². The molecule has 0 amide bonds. The molecule has 1 aromatic heterocycles. The summed E-state index contributed by atoms with van der Waals surface area (Å²) in [6, 6.07) is 4.89. The molecule has 4 heteroatoms. The highest BCUT2D eigenvalue weighted by Gasteiger charge is 2.15. The van der Waals surface area contributed by atoms with E-state index in [2.05, 4.69) is 15.3 Å². The third-order valence-corrected chi connectivity index (χ3v) is 3.30. The highest BCUT2D eigenvalue weighted by Crippen LogP contribution is 2.19. The van der Waals surface area contributed by atoms with Crippen LogP contribution in [0.3, 0.4) is 0 Å². The maximum Gasteiger partial charge on any atom is 0.145 e. The summed E-state index contributed by atoms with van der Waals surface area (Å²) in [5.41, 5.74) is 3.10. The molecule has 0 radical (unpaired) electrons. The van der Waals surface area contributed by atoms with Crippen molar-refractivity contribution in [3.8, 4) is 0 Å². The summed E-state index contributed by atoms with van der Waals surface area (Å²) >= 11 is 0. The van der Waals surface area contributed by atoms with E-state index in [1.807, 2.05) is 39.2 Å². The predicted molar refractivity (Wildman–Crippen MR) is 78.0 cm³/mol. The first kappa shape index (κ1) is 14.6. The fourth-order valence-electron chi connectivity index (χ4n) is 2.16. The van der Waals surface area contributed by atoms with E-state index in [9.17, 15) is 4.39 Å². The summed E-state index contributed by atoms with van der Waals surface area (Å²) in [4.78, 5) is 8.76. The van der Waals surface area contributed by atoms with E-state index in [4.69, 9.17) is 0 Å². The Morgan fingerprint density at radius 2 is 1.90 bits per heavy atom. The SMILES string of the molecule is CCNC(Cc1cc(F)ccc1C)c1ncc(C)cn1. The van der Waals surface area contributed by atoms with Gasteiger partial charge in [0.05, 0.1) is 6.04 Å². The highest BCUT2D eigenvalue weighted by molar-refractivity contribution is 5.28. The van der Waals surface area contributed by atoms with Crippen LogP contribution < -0.4 is 5.32 Å². The molecule has 2 aromatic rings. The van der Waals surface area contributed by atoms with Crippen LogP contribution in [0.2, 0.25) is 0 Å². The summed E-state index contributed by atoms with van der Waals surface area (Å²) < 4.78 is 13.4. The third-order valence-electron chi connectivity index (χ3n) is 3.30. The van der Waals surface area contributed by atoms with E-state index >= 15 is 0 Å². The van der Waals surface area contributed by atoms with Gasteiger partial charge in [-0.15, -0.1) is 0 Å². The number of aromatic nitrogens is 2. The van der Waals surface area contributed by atoms with E-state index in [1.165, 1.54) is 6.07 Å². The van der Waals surface area contributed by atoms with Gasteiger partial charge in [0.25, 0.3) is 0 Å². The lowest BCUT2D eigenvalue weighted by Gasteiger charge is -2.18. The van der Waals surface area contributed by atoms with E-state index in [-0.39, 0.29) is 11.9 Å². The minimum absolute atomic E-state index is 0.00102. The number of hydrogen-bond donors (Lipinski definition) is 1. The molecule has 1 heterocycles. The van der Waals surface area contributed by atoms with E-state index in [1.54, 1.807) is 6.07 Å². The quantitative estimate of drug-likeness (QED) is 0.909. The first-order chi connectivity index (χ1) is 9.60. The third kappa shape index (κ3) is 3.61. The van der Waals surface area contributed by atoms with Crippen molar-refractivity contribution >= 4 is 0 Å². The smallest absolute Gasteiger partial charge is 0.145 e. The van der Waals surface area contributed by atoms with Gasteiger partial charge in [0, 0.05) is 12.4 Å². The average molecular weight is 273 g/mol. The zero-order chi connectivity index (χ0) is 14.5. The Kier molecular flexibility index (Phi) is 4.79. The lowest BCUT2D eigenvalue weighted by atomic mass is 10.0. The van der Waals surface area contributed by atoms with Crippen LogP contribution in [0.5, 0.6) is 0 Å². The monoisotopic (exact) mass is 273 g/mol. The second-order valence-corrected chi connectivity index (χ2v) is 5.00. The molecule has 0 aliphatic carbocycles. The molecule has 0 aliphatic heterocycles. The van der Waals surface area contributed by atoms with Crippen LogP contribution in [0, 0.1) is 19.7 Å². The largest absolute Gasteiger partial charge is 0.307 e. The van der Waals surface area contributed by atoms with Gasteiger partial charge < -0.3 is 5.32 Å². The summed E-state index contributed by atoms with van der Waals surface area (Å²) in [5, 5.41) is 3.37. The Hall–Kier alpha value is -1.81. The maximum absolute atomic E-state index is 13.4. The highest BCUT2D eigenvalue weighted by atomic mass is 19.1. The van der Waals surface area contributed by atoms with Crippen molar-refractivity contribution in [2.75, 3.05) is 6.54 Å².